The topological polar surface area (TPSA) is 35.5 Å². The van der Waals surface area contributed by atoms with Crippen LogP contribution in [0.3, 0.4) is 0 Å². The number of carbonyl (C=O) groups excluding carboxylic acids is 1. The summed E-state index contributed by atoms with van der Waals surface area (Å²) in [6.45, 7) is 1.84. The maximum atomic E-state index is 11.6. The summed E-state index contributed by atoms with van der Waals surface area (Å²) in [4.78, 5) is 11.6. The normalized spacial score (nSPS) is 11.3. The zero-order valence-electron chi connectivity index (χ0n) is 9.40. The average molecular weight is 218 g/mol. The van der Waals surface area contributed by atoms with E-state index in [0.717, 1.165) is 0 Å². The van der Waals surface area contributed by atoms with Gasteiger partial charge in [0.1, 0.15) is 5.92 Å². The first-order valence-electron chi connectivity index (χ1n) is 5.03. The first-order valence-corrected chi connectivity index (χ1v) is 5.03. The lowest BCUT2D eigenvalue weighted by Gasteiger charge is -2.11. The molecule has 0 N–H and O–H groups in total. The molecule has 1 atom stereocenters. The SMILES string of the molecule is C#CC(CC)C(=O)Oc1ccccc1OC. The molecule has 0 saturated carbocycles. The summed E-state index contributed by atoms with van der Waals surface area (Å²) in [6, 6.07) is 6.95. The lowest BCUT2D eigenvalue weighted by Crippen LogP contribution is -2.18. The number of rotatable bonds is 4. The van der Waals surface area contributed by atoms with Gasteiger partial charge in [0, 0.05) is 0 Å². The van der Waals surface area contributed by atoms with Crippen molar-refractivity contribution in [1.29, 1.82) is 0 Å². The summed E-state index contributed by atoms with van der Waals surface area (Å²) >= 11 is 0. The van der Waals surface area contributed by atoms with Crippen LogP contribution in [0.15, 0.2) is 24.3 Å². The Labute approximate surface area is 95.4 Å². The highest BCUT2D eigenvalue weighted by Gasteiger charge is 2.17. The highest BCUT2D eigenvalue weighted by Crippen LogP contribution is 2.26. The monoisotopic (exact) mass is 218 g/mol. The van der Waals surface area contributed by atoms with Gasteiger partial charge >= 0.3 is 5.97 Å². The van der Waals surface area contributed by atoms with Gasteiger partial charge in [0.25, 0.3) is 0 Å². The molecule has 1 aromatic rings. The van der Waals surface area contributed by atoms with Crippen molar-refractivity contribution in [3.63, 3.8) is 0 Å². The van der Waals surface area contributed by atoms with Gasteiger partial charge < -0.3 is 9.47 Å². The van der Waals surface area contributed by atoms with E-state index in [2.05, 4.69) is 5.92 Å². The molecule has 0 radical (unpaired) electrons. The number of para-hydroxylation sites is 2. The van der Waals surface area contributed by atoms with Crippen molar-refractivity contribution in [2.24, 2.45) is 5.92 Å². The molecule has 0 fully saturated rings. The smallest absolute Gasteiger partial charge is 0.326 e. The fraction of sp³-hybridized carbons (Fsp3) is 0.308. The van der Waals surface area contributed by atoms with Gasteiger partial charge in [0.2, 0.25) is 0 Å². The van der Waals surface area contributed by atoms with Crippen molar-refractivity contribution in [1.82, 2.24) is 0 Å². The maximum absolute atomic E-state index is 11.6. The number of terminal acetylenes is 1. The predicted molar refractivity (Wildman–Crippen MR) is 61.2 cm³/mol. The van der Waals surface area contributed by atoms with Crippen LogP contribution in [0.2, 0.25) is 0 Å². The van der Waals surface area contributed by atoms with E-state index >= 15 is 0 Å². The third-order valence-corrected chi connectivity index (χ3v) is 2.17. The van der Waals surface area contributed by atoms with Crippen molar-refractivity contribution < 1.29 is 14.3 Å². The average Bonchev–Trinajstić information content (AvgIpc) is 2.31. The van der Waals surface area contributed by atoms with Gasteiger partial charge in [0.05, 0.1) is 7.11 Å². The lowest BCUT2D eigenvalue weighted by molar-refractivity contribution is -0.137. The molecule has 0 spiro atoms. The molecule has 0 aromatic heterocycles. The highest BCUT2D eigenvalue weighted by atomic mass is 16.6. The predicted octanol–water partition coefficient (Wildman–Crippen LogP) is 2.26. The van der Waals surface area contributed by atoms with E-state index in [-0.39, 0.29) is 0 Å². The second-order valence-electron chi connectivity index (χ2n) is 3.20. The van der Waals surface area contributed by atoms with E-state index in [0.29, 0.717) is 17.9 Å². The van der Waals surface area contributed by atoms with Crippen LogP contribution in [-0.4, -0.2) is 13.1 Å². The summed E-state index contributed by atoms with van der Waals surface area (Å²) < 4.78 is 10.2. The van der Waals surface area contributed by atoms with Crippen LogP contribution >= 0.6 is 0 Å². The molecular formula is C13H14O3. The summed E-state index contributed by atoms with van der Waals surface area (Å²) in [5.41, 5.74) is 0. The van der Waals surface area contributed by atoms with E-state index in [4.69, 9.17) is 15.9 Å². The molecule has 84 valence electrons. The van der Waals surface area contributed by atoms with Crippen LogP contribution in [0.5, 0.6) is 11.5 Å². The fourth-order valence-electron chi connectivity index (χ4n) is 1.24. The van der Waals surface area contributed by atoms with Gasteiger partial charge in [-0.05, 0) is 18.6 Å². The first-order chi connectivity index (χ1) is 7.72. The Morgan fingerprint density at radius 3 is 2.56 bits per heavy atom. The van der Waals surface area contributed by atoms with Gasteiger partial charge in [-0.3, -0.25) is 4.79 Å². The molecule has 1 aromatic carbocycles. The Balaban J connectivity index is 2.81. The van der Waals surface area contributed by atoms with Gasteiger partial charge in [0.15, 0.2) is 11.5 Å². The Bertz CT molecular complexity index is 404. The molecule has 0 aliphatic carbocycles. The number of hydrogen-bond acceptors (Lipinski definition) is 3. The van der Waals surface area contributed by atoms with Gasteiger partial charge in [-0.25, -0.2) is 0 Å². The molecule has 0 saturated heterocycles. The Morgan fingerprint density at radius 2 is 2.06 bits per heavy atom. The van der Waals surface area contributed by atoms with Crippen molar-refractivity contribution in [3.8, 4) is 23.8 Å². The minimum Gasteiger partial charge on any atom is -0.493 e. The van der Waals surface area contributed by atoms with E-state index in [1.54, 1.807) is 24.3 Å². The number of ether oxygens (including phenoxy) is 2. The van der Waals surface area contributed by atoms with E-state index in [9.17, 15) is 4.79 Å². The van der Waals surface area contributed by atoms with Crippen LogP contribution in [-0.2, 0) is 4.79 Å². The third-order valence-electron chi connectivity index (χ3n) is 2.17. The molecule has 0 bridgehead atoms. The summed E-state index contributed by atoms with van der Waals surface area (Å²) in [5.74, 6) is 2.37. The van der Waals surface area contributed by atoms with Crippen LogP contribution in [0.25, 0.3) is 0 Å². The number of carbonyl (C=O) groups is 1. The fourth-order valence-corrected chi connectivity index (χ4v) is 1.24. The summed E-state index contributed by atoms with van der Waals surface area (Å²) in [7, 11) is 1.52. The highest BCUT2D eigenvalue weighted by molar-refractivity contribution is 5.78. The summed E-state index contributed by atoms with van der Waals surface area (Å²) in [5, 5.41) is 0. The summed E-state index contributed by atoms with van der Waals surface area (Å²) in [6.07, 6.45) is 5.79. The second kappa shape index (κ2) is 5.82. The van der Waals surface area contributed by atoms with Crippen molar-refractivity contribution >= 4 is 5.97 Å². The van der Waals surface area contributed by atoms with E-state index in [1.165, 1.54) is 7.11 Å². The maximum Gasteiger partial charge on any atom is 0.326 e. The molecule has 3 heteroatoms. The van der Waals surface area contributed by atoms with Crippen LogP contribution in [0, 0.1) is 18.3 Å². The number of esters is 1. The van der Waals surface area contributed by atoms with E-state index < -0.39 is 11.9 Å². The number of benzene rings is 1. The van der Waals surface area contributed by atoms with Crippen LogP contribution in [0.4, 0.5) is 0 Å². The standard InChI is InChI=1S/C13H14O3/c1-4-10(5-2)13(14)16-12-9-7-6-8-11(12)15-3/h1,6-10H,5H2,2-3H3. The van der Waals surface area contributed by atoms with E-state index in [1.807, 2.05) is 6.92 Å². The minimum absolute atomic E-state index is 0.392. The minimum atomic E-state index is -0.509. The second-order valence-corrected chi connectivity index (χ2v) is 3.20. The Hall–Kier alpha value is -1.95. The van der Waals surface area contributed by atoms with Gasteiger partial charge in [-0.1, -0.05) is 25.0 Å². The van der Waals surface area contributed by atoms with Crippen LogP contribution < -0.4 is 9.47 Å². The van der Waals surface area contributed by atoms with Crippen molar-refractivity contribution in [2.75, 3.05) is 7.11 Å². The first kappa shape index (κ1) is 12.1. The largest absolute Gasteiger partial charge is 0.493 e. The Kier molecular flexibility index (Phi) is 4.41. The molecule has 1 rings (SSSR count). The molecule has 0 aliphatic rings. The molecule has 1 unspecified atom stereocenters. The lowest BCUT2D eigenvalue weighted by atomic mass is 10.1. The zero-order chi connectivity index (χ0) is 12.0. The molecular weight excluding hydrogens is 204 g/mol. The number of hydrogen-bond donors (Lipinski definition) is 0. The molecule has 0 amide bonds. The molecule has 3 nitrogen and oxygen atoms in total. The van der Waals surface area contributed by atoms with Crippen LogP contribution in [0.1, 0.15) is 13.3 Å². The number of methoxy groups -OCH3 is 1. The molecule has 0 aliphatic heterocycles. The third kappa shape index (κ3) is 2.77. The van der Waals surface area contributed by atoms with Gasteiger partial charge in [-0.2, -0.15) is 0 Å². The molecule has 16 heavy (non-hydrogen) atoms. The van der Waals surface area contributed by atoms with Gasteiger partial charge in [-0.15, -0.1) is 6.42 Å². The Morgan fingerprint density at radius 1 is 1.44 bits per heavy atom. The van der Waals surface area contributed by atoms with Crippen molar-refractivity contribution in [3.05, 3.63) is 24.3 Å². The molecule has 0 heterocycles. The van der Waals surface area contributed by atoms with Crippen molar-refractivity contribution in [2.45, 2.75) is 13.3 Å². The zero-order valence-corrected chi connectivity index (χ0v) is 9.40. The quantitative estimate of drug-likeness (QED) is 0.442.